The average molecular weight is 364 g/mol. The fourth-order valence-corrected chi connectivity index (χ4v) is 2.10. The highest BCUT2D eigenvalue weighted by Crippen LogP contribution is 2.35. The minimum Gasteiger partial charge on any atom is -0.503 e. The summed E-state index contributed by atoms with van der Waals surface area (Å²) < 4.78 is 5.42. The van der Waals surface area contributed by atoms with E-state index in [2.05, 4.69) is 31.8 Å². The van der Waals surface area contributed by atoms with E-state index in [0.717, 1.165) is 0 Å². The van der Waals surface area contributed by atoms with Gasteiger partial charge in [-0.1, -0.05) is 18.2 Å². The van der Waals surface area contributed by atoms with Crippen LogP contribution in [-0.2, 0) is 0 Å². The fraction of sp³-hybridized carbons (Fsp3) is 0.0667. The van der Waals surface area contributed by atoms with Gasteiger partial charge in [0.1, 0.15) is 0 Å². The maximum absolute atomic E-state index is 11.6. The molecule has 0 heterocycles. The number of rotatable bonds is 4. The van der Waals surface area contributed by atoms with Gasteiger partial charge in [0.05, 0.1) is 17.8 Å². The Hall–Kier alpha value is -2.54. The number of carbonyl (C=O) groups is 1. The number of hydrogen-bond donors (Lipinski definition) is 3. The van der Waals surface area contributed by atoms with E-state index in [1.165, 1.54) is 13.3 Å². The summed E-state index contributed by atoms with van der Waals surface area (Å²) in [6.45, 7) is 0. The molecule has 2 aromatic rings. The molecule has 0 saturated heterocycles. The number of ether oxygens (including phenoxy) is 1. The van der Waals surface area contributed by atoms with Gasteiger partial charge in [-0.05, 0) is 40.2 Å². The molecule has 0 radical (unpaired) electrons. The zero-order valence-corrected chi connectivity index (χ0v) is 13.3. The lowest BCUT2D eigenvalue weighted by Crippen LogP contribution is -2.24. The number of halogens is 1. The van der Waals surface area contributed by atoms with Crippen LogP contribution in [0.3, 0.4) is 0 Å². The molecule has 2 amide bonds. The number of para-hydroxylation sites is 1. The maximum Gasteiger partial charge on any atom is 0.339 e. The molecule has 22 heavy (non-hydrogen) atoms. The van der Waals surface area contributed by atoms with Crippen molar-refractivity contribution in [3.63, 3.8) is 0 Å². The van der Waals surface area contributed by atoms with Crippen molar-refractivity contribution in [2.75, 3.05) is 12.4 Å². The molecule has 0 spiro atoms. The molecule has 0 atom stereocenters. The Morgan fingerprint density at radius 1 is 1.27 bits per heavy atom. The summed E-state index contributed by atoms with van der Waals surface area (Å²) in [7, 11) is 1.46. The molecular weight excluding hydrogens is 350 g/mol. The van der Waals surface area contributed by atoms with E-state index >= 15 is 0 Å². The second-order valence-electron chi connectivity index (χ2n) is 4.21. The number of urea groups is 1. The largest absolute Gasteiger partial charge is 0.503 e. The molecule has 0 aliphatic heterocycles. The number of aromatic hydroxyl groups is 1. The highest BCUT2D eigenvalue weighted by Gasteiger charge is 2.09. The standard InChI is InChI=1S/C15H14BrN3O3/c1-22-12-8-7-10(13(16)14(12)20)9-17-19-15(21)18-11-5-3-2-4-6-11/h2-9,20H,1H3,(H2,18,19,21)/b17-9+. The zero-order chi connectivity index (χ0) is 15.9. The van der Waals surface area contributed by atoms with Crippen LogP contribution in [0.4, 0.5) is 10.5 Å². The molecular formula is C15H14BrN3O3. The Bertz CT molecular complexity index is 690. The highest BCUT2D eigenvalue weighted by molar-refractivity contribution is 9.10. The number of carbonyl (C=O) groups excluding carboxylic acids is 1. The van der Waals surface area contributed by atoms with E-state index < -0.39 is 6.03 Å². The van der Waals surface area contributed by atoms with Gasteiger partial charge in [0.25, 0.3) is 0 Å². The van der Waals surface area contributed by atoms with Crippen LogP contribution in [0.2, 0.25) is 0 Å². The number of anilines is 1. The third kappa shape index (κ3) is 3.98. The van der Waals surface area contributed by atoms with E-state index in [4.69, 9.17) is 4.74 Å². The molecule has 0 saturated carbocycles. The molecule has 6 nitrogen and oxygen atoms in total. The summed E-state index contributed by atoms with van der Waals surface area (Å²) in [5.74, 6) is 0.319. The van der Waals surface area contributed by atoms with Crippen LogP contribution >= 0.6 is 15.9 Å². The van der Waals surface area contributed by atoms with Gasteiger partial charge in [-0.2, -0.15) is 5.10 Å². The van der Waals surface area contributed by atoms with Crippen LogP contribution in [0, 0.1) is 0 Å². The molecule has 0 aromatic heterocycles. The van der Waals surface area contributed by atoms with Crippen LogP contribution in [0.25, 0.3) is 0 Å². The maximum atomic E-state index is 11.6. The number of amides is 2. The first-order valence-corrected chi connectivity index (χ1v) is 7.11. The number of benzene rings is 2. The van der Waals surface area contributed by atoms with Crippen molar-refractivity contribution in [2.45, 2.75) is 0 Å². The third-order valence-corrected chi connectivity index (χ3v) is 3.56. The summed E-state index contributed by atoms with van der Waals surface area (Å²) in [5, 5.41) is 16.3. The lowest BCUT2D eigenvalue weighted by Gasteiger charge is -2.07. The van der Waals surface area contributed by atoms with Gasteiger partial charge < -0.3 is 15.2 Å². The first-order chi connectivity index (χ1) is 10.6. The van der Waals surface area contributed by atoms with Crippen LogP contribution in [0.5, 0.6) is 11.5 Å². The fourth-order valence-electron chi connectivity index (χ4n) is 1.67. The van der Waals surface area contributed by atoms with E-state index in [0.29, 0.717) is 21.5 Å². The minimum atomic E-state index is -0.462. The zero-order valence-electron chi connectivity index (χ0n) is 11.7. The van der Waals surface area contributed by atoms with E-state index in [9.17, 15) is 9.90 Å². The Labute approximate surface area is 135 Å². The molecule has 0 aliphatic carbocycles. The van der Waals surface area contributed by atoms with E-state index in [1.54, 1.807) is 24.3 Å². The first kappa shape index (κ1) is 15.8. The number of methoxy groups -OCH3 is 1. The van der Waals surface area contributed by atoms with E-state index in [-0.39, 0.29) is 5.75 Å². The summed E-state index contributed by atoms with van der Waals surface area (Å²) in [6, 6.07) is 11.9. The number of hydrogen-bond acceptors (Lipinski definition) is 4. The van der Waals surface area contributed by atoms with Crippen LogP contribution in [-0.4, -0.2) is 24.5 Å². The summed E-state index contributed by atoms with van der Waals surface area (Å²) in [5.41, 5.74) is 3.60. The van der Waals surface area contributed by atoms with Crippen molar-refractivity contribution in [1.29, 1.82) is 0 Å². The van der Waals surface area contributed by atoms with Gasteiger partial charge >= 0.3 is 6.03 Å². The lowest BCUT2D eigenvalue weighted by molar-refractivity contribution is 0.252. The average Bonchev–Trinajstić information content (AvgIpc) is 2.52. The Morgan fingerprint density at radius 2 is 2.00 bits per heavy atom. The van der Waals surface area contributed by atoms with Crippen molar-refractivity contribution in [2.24, 2.45) is 5.10 Å². The third-order valence-electron chi connectivity index (χ3n) is 2.73. The van der Waals surface area contributed by atoms with Crippen LogP contribution < -0.4 is 15.5 Å². The summed E-state index contributed by atoms with van der Waals surface area (Å²) >= 11 is 3.24. The van der Waals surface area contributed by atoms with Gasteiger partial charge in [0.15, 0.2) is 11.5 Å². The second-order valence-corrected chi connectivity index (χ2v) is 5.00. The van der Waals surface area contributed by atoms with Crippen LogP contribution in [0.15, 0.2) is 52.0 Å². The highest BCUT2D eigenvalue weighted by atomic mass is 79.9. The number of nitrogens with zero attached hydrogens (tertiary/aromatic N) is 1. The minimum absolute atomic E-state index is 0.0276. The Balaban J connectivity index is 1.98. The lowest BCUT2D eigenvalue weighted by atomic mass is 10.2. The molecule has 0 fully saturated rings. The number of hydrazone groups is 1. The summed E-state index contributed by atoms with van der Waals surface area (Å²) in [6.07, 6.45) is 1.41. The molecule has 2 rings (SSSR count). The van der Waals surface area contributed by atoms with Gasteiger partial charge in [-0.3, -0.25) is 0 Å². The number of nitrogens with one attached hydrogen (secondary N) is 2. The van der Waals surface area contributed by atoms with Crippen LogP contribution in [0.1, 0.15) is 5.56 Å². The number of phenolic OH excluding ortho intramolecular Hbond substituents is 1. The monoisotopic (exact) mass is 363 g/mol. The molecule has 0 unspecified atom stereocenters. The Morgan fingerprint density at radius 3 is 2.68 bits per heavy atom. The van der Waals surface area contributed by atoms with Gasteiger partial charge in [-0.15, -0.1) is 0 Å². The topological polar surface area (TPSA) is 83.0 Å². The molecule has 2 aromatic carbocycles. The van der Waals surface area contributed by atoms with Gasteiger partial charge in [-0.25, -0.2) is 10.2 Å². The van der Waals surface area contributed by atoms with Crippen molar-refractivity contribution in [3.05, 3.63) is 52.5 Å². The van der Waals surface area contributed by atoms with E-state index in [1.807, 2.05) is 18.2 Å². The molecule has 114 valence electrons. The molecule has 0 aliphatic rings. The SMILES string of the molecule is COc1ccc(/C=N/NC(=O)Nc2ccccc2)c(Br)c1O. The predicted molar refractivity (Wildman–Crippen MR) is 88.5 cm³/mol. The van der Waals surface area contributed by atoms with Crippen molar-refractivity contribution in [3.8, 4) is 11.5 Å². The number of phenols is 1. The second kappa shape index (κ2) is 7.46. The van der Waals surface area contributed by atoms with Gasteiger partial charge in [0.2, 0.25) is 0 Å². The normalized spacial score (nSPS) is 10.5. The first-order valence-electron chi connectivity index (χ1n) is 6.32. The molecule has 3 N–H and O–H groups in total. The van der Waals surface area contributed by atoms with Crippen molar-refractivity contribution >= 4 is 33.9 Å². The smallest absolute Gasteiger partial charge is 0.339 e. The molecule has 0 bridgehead atoms. The van der Waals surface area contributed by atoms with Crippen molar-refractivity contribution in [1.82, 2.24) is 5.43 Å². The predicted octanol–water partition coefficient (Wildman–Crippen LogP) is 3.32. The quantitative estimate of drug-likeness (QED) is 0.575. The Kier molecular flexibility index (Phi) is 5.37. The van der Waals surface area contributed by atoms with Crippen molar-refractivity contribution < 1.29 is 14.6 Å². The molecule has 7 heteroatoms. The van der Waals surface area contributed by atoms with Gasteiger partial charge in [0, 0.05) is 11.3 Å². The summed E-state index contributed by atoms with van der Waals surface area (Å²) in [4.78, 5) is 11.6.